The zero-order chi connectivity index (χ0) is 16.1. The molecule has 0 aliphatic rings. The van der Waals surface area contributed by atoms with Crippen LogP contribution in [0.25, 0.3) is 0 Å². The first-order valence-corrected chi connectivity index (χ1v) is 8.56. The minimum absolute atomic E-state index is 0.120. The molecule has 0 aliphatic carbocycles. The van der Waals surface area contributed by atoms with Crippen LogP contribution in [0.2, 0.25) is 0 Å². The molecule has 0 aromatic heterocycles. The van der Waals surface area contributed by atoms with Crippen molar-refractivity contribution in [3.63, 3.8) is 0 Å². The van der Waals surface area contributed by atoms with Crippen LogP contribution in [-0.4, -0.2) is 17.6 Å². The van der Waals surface area contributed by atoms with E-state index in [2.05, 4.69) is 5.32 Å². The third-order valence-corrected chi connectivity index (χ3v) is 4.48. The fraction of sp³-hybridized carbons (Fsp3) is 0.294. The van der Waals surface area contributed by atoms with Gasteiger partial charge in [-0.2, -0.15) is 0 Å². The van der Waals surface area contributed by atoms with Gasteiger partial charge in [0.1, 0.15) is 11.6 Å². The largest absolute Gasteiger partial charge is 0.497 e. The second kappa shape index (κ2) is 7.51. The van der Waals surface area contributed by atoms with Crippen molar-refractivity contribution in [3.8, 4) is 5.75 Å². The molecular weight excluding hydrogens is 301 g/mol. The molecule has 0 fully saturated rings. The normalized spacial score (nSPS) is 13.6. The van der Waals surface area contributed by atoms with Crippen LogP contribution in [0.1, 0.15) is 24.1 Å². The van der Waals surface area contributed by atoms with Crippen molar-refractivity contribution in [1.29, 1.82) is 0 Å². The van der Waals surface area contributed by atoms with Gasteiger partial charge in [0.05, 0.1) is 7.11 Å². The van der Waals surface area contributed by atoms with E-state index in [-0.39, 0.29) is 11.9 Å². The van der Waals surface area contributed by atoms with Gasteiger partial charge < -0.3 is 10.1 Å². The maximum absolute atomic E-state index is 14.0. The third-order valence-electron chi connectivity index (χ3n) is 3.54. The Labute approximate surface area is 133 Å². The van der Waals surface area contributed by atoms with Gasteiger partial charge in [0.25, 0.3) is 0 Å². The van der Waals surface area contributed by atoms with Gasteiger partial charge in [-0.3, -0.25) is 4.21 Å². The first-order valence-electron chi connectivity index (χ1n) is 7.00. The Balaban J connectivity index is 2.00. The topological polar surface area (TPSA) is 38.3 Å². The lowest BCUT2D eigenvalue weighted by Gasteiger charge is -2.16. The SMILES string of the molecule is COc1ccc([C@H](C)NCc2ccc([S@@](C)=O)cc2)c(F)c1. The highest BCUT2D eigenvalue weighted by Gasteiger charge is 2.11. The predicted molar refractivity (Wildman–Crippen MR) is 87.0 cm³/mol. The van der Waals surface area contributed by atoms with Crippen LogP contribution in [0, 0.1) is 5.82 Å². The lowest BCUT2D eigenvalue weighted by molar-refractivity contribution is 0.409. The lowest BCUT2D eigenvalue weighted by atomic mass is 10.1. The average Bonchev–Trinajstić information content (AvgIpc) is 2.52. The molecular formula is C17H20FNO2S. The number of nitrogens with one attached hydrogen (secondary N) is 1. The van der Waals surface area contributed by atoms with E-state index in [0.29, 0.717) is 17.9 Å². The van der Waals surface area contributed by atoms with E-state index in [1.807, 2.05) is 31.2 Å². The van der Waals surface area contributed by atoms with Crippen molar-refractivity contribution in [1.82, 2.24) is 5.32 Å². The molecule has 2 rings (SSSR count). The molecule has 2 aromatic rings. The summed E-state index contributed by atoms with van der Waals surface area (Å²) in [6.07, 6.45) is 1.65. The average molecular weight is 321 g/mol. The van der Waals surface area contributed by atoms with Crippen molar-refractivity contribution in [2.45, 2.75) is 24.4 Å². The van der Waals surface area contributed by atoms with Crippen LogP contribution < -0.4 is 10.1 Å². The highest BCUT2D eigenvalue weighted by molar-refractivity contribution is 7.84. The molecule has 2 aromatic carbocycles. The van der Waals surface area contributed by atoms with E-state index in [1.54, 1.807) is 18.4 Å². The fourth-order valence-electron chi connectivity index (χ4n) is 2.17. The Hall–Kier alpha value is -1.72. The van der Waals surface area contributed by atoms with E-state index in [1.165, 1.54) is 13.2 Å². The Kier molecular flexibility index (Phi) is 5.69. The van der Waals surface area contributed by atoms with Crippen LogP contribution in [-0.2, 0) is 17.3 Å². The van der Waals surface area contributed by atoms with Crippen LogP contribution in [0.5, 0.6) is 5.75 Å². The summed E-state index contributed by atoms with van der Waals surface area (Å²) in [5, 5.41) is 3.29. The van der Waals surface area contributed by atoms with Gasteiger partial charge in [-0.25, -0.2) is 4.39 Å². The maximum Gasteiger partial charge on any atom is 0.131 e. The quantitative estimate of drug-likeness (QED) is 0.886. The minimum Gasteiger partial charge on any atom is -0.497 e. The summed E-state index contributed by atoms with van der Waals surface area (Å²) < 4.78 is 30.3. The predicted octanol–water partition coefficient (Wildman–Crippen LogP) is 3.42. The molecule has 0 radical (unpaired) electrons. The summed E-state index contributed by atoms with van der Waals surface area (Å²) in [6.45, 7) is 2.53. The van der Waals surface area contributed by atoms with Gasteiger partial charge in [0.15, 0.2) is 0 Å². The zero-order valence-corrected chi connectivity index (χ0v) is 13.7. The highest BCUT2D eigenvalue weighted by Crippen LogP contribution is 2.22. The molecule has 0 spiro atoms. The molecule has 0 saturated heterocycles. The summed E-state index contributed by atoms with van der Waals surface area (Å²) in [5.74, 6) is 0.229. The van der Waals surface area contributed by atoms with Gasteiger partial charge in [0, 0.05) is 46.2 Å². The number of methoxy groups -OCH3 is 1. The van der Waals surface area contributed by atoms with Crippen molar-refractivity contribution in [2.24, 2.45) is 0 Å². The molecule has 0 saturated carbocycles. The van der Waals surface area contributed by atoms with E-state index in [4.69, 9.17) is 4.74 Å². The summed E-state index contributed by atoms with van der Waals surface area (Å²) in [6, 6.07) is 12.3. The monoisotopic (exact) mass is 321 g/mol. The maximum atomic E-state index is 14.0. The number of rotatable bonds is 6. The molecule has 0 heterocycles. The molecule has 5 heteroatoms. The van der Waals surface area contributed by atoms with Crippen LogP contribution in [0.3, 0.4) is 0 Å². The van der Waals surface area contributed by atoms with Crippen LogP contribution in [0.4, 0.5) is 4.39 Å². The molecule has 0 unspecified atom stereocenters. The van der Waals surface area contributed by atoms with E-state index >= 15 is 0 Å². The second-order valence-corrected chi connectivity index (χ2v) is 6.47. The summed E-state index contributed by atoms with van der Waals surface area (Å²) in [7, 11) is 0.549. The number of hydrogen-bond donors (Lipinski definition) is 1. The van der Waals surface area contributed by atoms with Crippen molar-refractivity contribution < 1.29 is 13.3 Å². The molecule has 22 heavy (non-hydrogen) atoms. The van der Waals surface area contributed by atoms with Crippen molar-refractivity contribution >= 4 is 10.8 Å². The smallest absolute Gasteiger partial charge is 0.131 e. The van der Waals surface area contributed by atoms with E-state index in [0.717, 1.165) is 10.5 Å². The van der Waals surface area contributed by atoms with Crippen LogP contribution in [0.15, 0.2) is 47.4 Å². The summed E-state index contributed by atoms with van der Waals surface area (Å²) in [4.78, 5) is 0.804. The van der Waals surface area contributed by atoms with Gasteiger partial charge in [-0.1, -0.05) is 18.2 Å². The highest BCUT2D eigenvalue weighted by atomic mass is 32.2. The Bertz CT molecular complexity index is 658. The lowest BCUT2D eigenvalue weighted by Crippen LogP contribution is -2.19. The molecule has 2 atom stereocenters. The number of benzene rings is 2. The summed E-state index contributed by atoms with van der Waals surface area (Å²) >= 11 is 0. The van der Waals surface area contributed by atoms with Crippen molar-refractivity contribution in [2.75, 3.05) is 13.4 Å². The first kappa shape index (κ1) is 16.6. The molecule has 0 amide bonds. The fourth-order valence-corrected chi connectivity index (χ4v) is 2.69. The second-order valence-electron chi connectivity index (χ2n) is 5.09. The number of ether oxygens (including phenoxy) is 1. The third kappa shape index (κ3) is 4.15. The van der Waals surface area contributed by atoms with Gasteiger partial charge in [-0.15, -0.1) is 0 Å². The van der Waals surface area contributed by atoms with E-state index in [9.17, 15) is 8.60 Å². The molecule has 0 aliphatic heterocycles. The molecule has 1 N–H and O–H groups in total. The Morgan fingerprint density at radius 2 is 1.91 bits per heavy atom. The number of halogens is 1. The first-order chi connectivity index (χ1) is 10.5. The number of hydrogen-bond acceptors (Lipinski definition) is 3. The minimum atomic E-state index is -0.968. The Morgan fingerprint density at radius 1 is 1.23 bits per heavy atom. The van der Waals surface area contributed by atoms with Crippen molar-refractivity contribution in [3.05, 3.63) is 59.4 Å². The molecule has 0 bridgehead atoms. The standard InChI is InChI=1S/C17H20FNO2S/c1-12(16-9-6-14(21-2)10-17(16)18)19-11-13-4-7-15(8-5-13)22(3)20/h4-10,12,19H,11H2,1-3H3/t12-,22+/m0/s1. The van der Waals surface area contributed by atoms with Gasteiger partial charge in [-0.05, 0) is 30.7 Å². The van der Waals surface area contributed by atoms with Crippen LogP contribution >= 0.6 is 0 Å². The Morgan fingerprint density at radius 3 is 2.45 bits per heavy atom. The summed E-state index contributed by atoms with van der Waals surface area (Å²) in [5.41, 5.74) is 1.67. The molecule has 118 valence electrons. The van der Waals surface area contributed by atoms with E-state index < -0.39 is 10.8 Å². The molecule has 3 nitrogen and oxygen atoms in total. The van der Waals surface area contributed by atoms with Gasteiger partial charge in [0.2, 0.25) is 0 Å². The zero-order valence-electron chi connectivity index (χ0n) is 12.9. The van der Waals surface area contributed by atoms with Gasteiger partial charge >= 0.3 is 0 Å².